The summed E-state index contributed by atoms with van der Waals surface area (Å²) >= 11 is 3.42. The van der Waals surface area contributed by atoms with Gasteiger partial charge in [0.25, 0.3) is 0 Å². The Kier molecular flexibility index (Phi) is 3.59. The van der Waals surface area contributed by atoms with Crippen LogP contribution in [-0.2, 0) is 0 Å². The van der Waals surface area contributed by atoms with Gasteiger partial charge in [0, 0.05) is 29.2 Å². The van der Waals surface area contributed by atoms with Crippen molar-refractivity contribution >= 4 is 15.9 Å². The Hall–Kier alpha value is -0.610. The van der Waals surface area contributed by atoms with Crippen molar-refractivity contribution in [2.75, 3.05) is 19.7 Å². The minimum absolute atomic E-state index is 0.635. The number of nitrogens with one attached hydrogen (secondary N) is 1. The maximum absolute atomic E-state index is 5.65. The van der Waals surface area contributed by atoms with Crippen molar-refractivity contribution in [1.29, 1.82) is 0 Å². The number of aromatic nitrogens is 1. The Bertz CT molecular complexity index is 337. The van der Waals surface area contributed by atoms with E-state index in [1.165, 1.54) is 6.42 Å². The van der Waals surface area contributed by atoms with Crippen LogP contribution < -0.4 is 10.1 Å². The fourth-order valence-corrected chi connectivity index (χ4v) is 1.87. The fourth-order valence-electron chi connectivity index (χ4n) is 1.65. The quantitative estimate of drug-likeness (QED) is 0.914. The van der Waals surface area contributed by atoms with E-state index in [2.05, 4.69) is 26.2 Å². The second-order valence-corrected chi connectivity index (χ2v) is 4.80. The topological polar surface area (TPSA) is 34.1 Å². The Morgan fingerprint density at radius 3 is 3.20 bits per heavy atom. The summed E-state index contributed by atoms with van der Waals surface area (Å²) in [5.74, 6) is 1.36. The lowest BCUT2D eigenvalue weighted by Crippen LogP contribution is -2.15. The molecule has 0 aromatic carbocycles. The predicted octanol–water partition coefficient (Wildman–Crippen LogP) is 2.14. The van der Waals surface area contributed by atoms with Gasteiger partial charge in [-0.3, -0.25) is 0 Å². The van der Waals surface area contributed by atoms with Gasteiger partial charge >= 0.3 is 0 Å². The molecule has 1 aliphatic rings. The number of aryl methyl sites for hydroxylation is 1. The first kappa shape index (κ1) is 10.9. The van der Waals surface area contributed by atoms with E-state index in [4.69, 9.17) is 4.74 Å². The average molecular weight is 271 g/mol. The van der Waals surface area contributed by atoms with Crippen molar-refractivity contribution in [2.45, 2.75) is 13.3 Å². The Labute approximate surface area is 98.4 Å². The third-order valence-electron chi connectivity index (χ3n) is 2.65. The summed E-state index contributed by atoms with van der Waals surface area (Å²) in [6.07, 6.45) is 2.99. The van der Waals surface area contributed by atoms with Crippen LogP contribution in [0.25, 0.3) is 0 Å². The number of pyridine rings is 1. The van der Waals surface area contributed by atoms with Gasteiger partial charge in [-0.1, -0.05) is 0 Å². The maximum atomic E-state index is 5.65. The smallest absolute Gasteiger partial charge is 0.213 e. The SMILES string of the molecule is Cc1cc(OCC2CCNC2)ncc1Br. The molecule has 1 unspecified atom stereocenters. The normalized spacial score (nSPS) is 20.5. The van der Waals surface area contributed by atoms with Crippen molar-refractivity contribution in [3.8, 4) is 5.88 Å². The van der Waals surface area contributed by atoms with E-state index in [9.17, 15) is 0 Å². The molecule has 2 rings (SSSR count). The molecule has 1 aromatic heterocycles. The van der Waals surface area contributed by atoms with Crippen LogP contribution in [0.15, 0.2) is 16.7 Å². The zero-order valence-corrected chi connectivity index (χ0v) is 10.4. The molecule has 1 aliphatic heterocycles. The van der Waals surface area contributed by atoms with Crippen LogP contribution in [0.2, 0.25) is 0 Å². The van der Waals surface area contributed by atoms with Crippen LogP contribution in [0.5, 0.6) is 5.88 Å². The molecule has 1 aromatic rings. The standard InChI is InChI=1S/C11H15BrN2O/c1-8-4-11(14-6-10(8)12)15-7-9-2-3-13-5-9/h4,6,9,13H,2-3,5,7H2,1H3. The van der Waals surface area contributed by atoms with Gasteiger partial charge in [0.05, 0.1) is 6.61 Å². The highest BCUT2D eigenvalue weighted by Gasteiger charge is 2.15. The Balaban J connectivity index is 1.90. The second-order valence-electron chi connectivity index (χ2n) is 3.94. The number of ether oxygens (including phenoxy) is 1. The monoisotopic (exact) mass is 270 g/mol. The minimum Gasteiger partial charge on any atom is -0.477 e. The first-order chi connectivity index (χ1) is 7.25. The summed E-state index contributed by atoms with van der Waals surface area (Å²) in [5, 5.41) is 3.32. The van der Waals surface area contributed by atoms with Crippen LogP contribution >= 0.6 is 15.9 Å². The van der Waals surface area contributed by atoms with E-state index < -0.39 is 0 Å². The molecule has 0 radical (unpaired) electrons. The molecule has 15 heavy (non-hydrogen) atoms. The highest BCUT2D eigenvalue weighted by Crippen LogP contribution is 2.19. The van der Waals surface area contributed by atoms with Crippen LogP contribution in [0.1, 0.15) is 12.0 Å². The van der Waals surface area contributed by atoms with Crippen molar-refractivity contribution < 1.29 is 4.74 Å². The Morgan fingerprint density at radius 1 is 1.67 bits per heavy atom. The summed E-state index contributed by atoms with van der Waals surface area (Å²) < 4.78 is 6.68. The lowest BCUT2D eigenvalue weighted by atomic mass is 10.1. The Morgan fingerprint density at radius 2 is 2.53 bits per heavy atom. The van der Waals surface area contributed by atoms with Crippen LogP contribution in [0.4, 0.5) is 0 Å². The molecule has 1 N–H and O–H groups in total. The molecule has 1 saturated heterocycles. The molecule has 4 heteroatoms. The maximum Gasteiger partial charge on any atom is 0.213 e. The van der Waals surface area contributed by atoms with Gasteiger partial charge in [0.1, 0.15) is 0 Å². The van der Waals surface area contributed by atoms with Gasteiger partial charge in [-0.15, -0.1) is 0 Å². The predicted molar refractivity (Wildman–Crippen MR) is 63.1 cm³/mol. The number of halogens is 1. The largest absolute Gasteiger partial charge is 0.477 e. The molecule has 0 bridgehead atoms. The average Bonchev–Trinajstić information content (AvgIpc) is 2.73. The van der Waals surface area contributed by atoms with Gasteiger partial charge in [-0.25, -0.2) is 4.98 Å². The van der Waals surface area contributed by atoms with Crippen LogP contribution in [0.3, 0.4) is 0 Å². The molecule has 2 heterocycles. The molecule has 1 atom stereocenters. The summed E-state index contributed by atoms with van der Waals surface area (Å²) in [6, 6.07) is 1.96. The van der Waals surface area contributed by atoms with Gasteiger partial charge in [-0.2, -0.15) is 0 Å². The van der Waals surface area contributed by atoms with Gasteiger partial charge in [-0.05, 0) is 41.4 Å². The lowest BCUT2D eigenvalue weighted by molar-refractivity contribution is 0.251. The van der Waals surface area contributed by atoms with Gasteiger partial charge in [0.2, 0.25) is 5.88 Å². The summed E-state index contributed by atoms with van der Waals surface area (Å²) in [4.78, 5) is 4.21. The molecule has 82 valence electrons. The van der Waals surface area contributed by atoms with Crippen molar-refractivity contribution in [3.05, 3.63) is 22.3 Å². The molecule has 0 spiro atoms. The van der Waals surface area contributed by atoms with Crippen molar-refractivity contribution in [3.63, 3.8) is 0 Å². The highest BCUT2D eigenvalue weighted by molar-refractivity contribution is 9.10. The van der Waals surface area contributed by atoms with E-state index in [1.807, 2.05) is 13.0 Å². The number of rotatable bonds is 3. The number of hydrogen-bond acceptors (Lipinski definition) is 3. The third kappa shape index (κ3) is 2.92. The fraction of sp³-hybridized carbons (Fsp3) is 0.545. The molecule has 0 aliphatic carbocycles. The minimum atomic E-state index is 0.635. The van der Waals surface area contributed by atoms with Crippen molar-refractivity contribution in [2.24, 2.45) is 5.92 Å². The molecular formula is C11H15BrN2O. The zero-order valence-electron chi connectivity index (χ0n) is 8.79. The molecule has 0 saturated carbocycles. The third-order valence-corrected chi connectivity index (χ3v) is 3.48. The van der Waals surface area contributed by atoms with E-state index in [-0.39, 0.29) is 0 Å². The highest BCUT2D eigenvalue weighted by atomic mass is 79.9. The first-order valence-corrected chi connectivity index (χ1v) is 6.00. The second kappa shape index (κ2) is 4.94. The molecule has 1 fully saturated rings. The summed E-state index contributed by atoms with van der Waals surface area (Å²) in [5.41, 5.74) is 1.16. The van der Waals surface area contributed by atoms with Crippen molar-refractivity contribution in [1.82, 2.24) is 10.3 Å². The molecule has 0 amide bonds. The van der Waals surface area contributed by atoms with Crippen LogP contribution in [0, 0.1) is 12.8 Å². The number of hydrogen-bond donors (Lipinski definition) is 1. The van der Waals surface area contributed by atoms with E-state index in [0.29, 0.717) is 5.92 Å². The summed E-state index contributed by atoms with van der Waals surface area (Å²) in [6.45, 7) is 4.98. The molecule has 3 nitrogen and oxygen atoms in total. The van der Waals surface area contributed by atoms with Gasteiger partial charge in [0.15, 0.2) is 0 Å². The zero-order chi connectivity index (χ0) is 10.7. The molecular weight excluding hydrogens is 256 g/mol. The summed E-state index contributed by atoms with van der Waals surface area (Å²) in [7, 11) is 0. The van der Waals surface area contributed by atoms with E-state index >= 15 is 0 Å². The van der Waals surface area contributed by atoms with E-state index in [0.717, 1.165) is 35.6 Å². The van der Waals surface area contributed by atoms with Gasteiger partial charge < -0.3 is 10.1 Å². The lowest BCUT2D eigenvalue weighted by Gasteiger charge is -2.10. The first-order valence-electron chi connectivity index (χ1n) is 5.21. The van der Waals surface area contributed by atoms with Crippen LogP contribution in [-0.4, -0.2) is 24.7 Å². The van der Waals surface area contributed by atoms with E-state index in [1.54, 1.807) is 6.20 Å². The number of nitrogens with zero attached hydrogens (tertiary/aromatic N) is 1.